The molecule has 0 bridgehead atoms. The molecule has 3 rings (SSSR count). The SMILES string of the molecule is CC1CNC(c2ccccc2)CN1Cc1ncnn1C. The highest BCUT2D eigenvalue weighted by Crippen LogP contribution is 2.20. The van der Waals surface area contributed by atoms with Crippen molar-refractivity contribution in [1.82, 2.24) is 25.0 Å². The first-order valence-electron chi connectivity index (χ1n) is 7.09. The molecule has 0 radical (unpaired) electrons. The van der Waals surface area contributed by atoms with Crippen LogP contribution >= 0.6 is 0 Å². The zero-order valence-electron chi connectivity index (χ0n) is 12.0. The second kappa shape index (κ2) is 5.73. The molecule has 5 nitrogen and oxygen atoms in total. The van der Waals surface area contributed by atoms with E-state index in [2.05, 4.69) is 57.6 Å². The van der Waals surface area contributed by atoms with Crippen LogP contribution in [0.4, 0.5) is 0 Å². The van der Waals surface area contributed by atoms with Gasteiger partial charge in [0.15, 0.2) is 0 Å². The zero-order valence-corrected chi connectivity index (χ0v) is 12.0. The van der Waals surface area contributed by atoms with E-state index in [1.54, 1.807) is 6.33 Å². The van der Waals surface area contributed by atoms with Gasteiger partial charge in [0.2, 0.25) is 0 Å². The van der Waals surface area contributed by atoms with Gasteiger partial charge in [-0.25, -0.2) is 4.98 Å². The molecule has 2 heterocycles. The number of aromatic nitrogens is 3. The van der Waals surface area contributed by atoms with E-state index < -0.39 is 0 Å². The third-order valence-corrected chi connectivity index (χ3v) is 4.05. The Balaban J connectivity index is 1.72. The summed E-state index contributed by atoms with van der Waals surface area (Å²) >= 11 is 0. The predicted molar refractivity (Wildman–Crippen MR) is 78.1 cm³/mol. The molecular weight excluding hydrogens is 250 g/mol. The van der Waals surface area contributed by atoms with E-state index in [4.69, 9.17) is 0 Å². The van der Waals surface area contributed by atoms with Crippen molar-refractivity contribution < 1.29 is 0 Å². The van der Waals surface area contributed by atoms with Gasteiger partial charge in [0.1, 0.15) is 12.2 Å². The molecule has 2 aromatic rings. The first-order chi connectivity index (χ1) is 9.74. The fourth-order valence-electron chi connectivity index (χ4n) is 2.69. The number of hydrogen-bond donors (Lipinski definition) is 1. The van der Waals surface area contributed by atoms with Crippen LogP contribution in [0.1, 0.15) is 24.4 Å². The largest absolute Gasteiger partial charge is 0.307 e. The van der Waals surface area contributed by atoms with Gasteiger partial charge in [-0.3, -0.25) is 9.58 Å². The summed E-state index contributed by atoms with van der Waals surface area (Å²) in [7, 11) is 1.95. The highest BCUT2D eigenvalue weighted by molar-refractivity contribution is 5.20. The Bertz CT molecular complexity index is 550. The number of nitrogens with one attached hydrogen (secondary N) is 1. The number of hydrogen-bond acceptors (Lipinski definition) is 4. The Morgan fingerprint density at radius 1 is 1.30 bits per heavy atom. The number of benzene rings is 1. The Hall–Kier alpha value is -1.72. The van der Waals surface area contributed by atoms with Crippen molar-refractivity contribution in [1.29, 1.82) is 0 Å². The van der Waals surface area contributed by atoms with Crippen molar-refractivity contribution in [2.45, 2.75) is 25.6 Å². The Morgan fingerprint density at radius 2 is 2.10 bits per heavy atom. The second-order valence-corrected chi connectivity index (χ2v) is 5.45. The fourth-order valence-corrected chi connectivity index (χ4v) is 2.69. The lowest BCUT2D eigenvalue weighted by Crippen LogP contribution is -2.51. The van der Waals surface area contributed by atoms with E-state index in [9.17, 15) is 0 Å². The summed E-state index contributed by atoms with van der Waals surface area (Å²) in [5, 5.41) is 7.77. The number of aryl methyl sites for hydroxylation is 1. The van der Waals surface area contributed by atoms with Gasteiger partial charge in [0.05, 0.1) is 6.54 Å². The van der Waals surface area contributed by atoms with Crippen LogP contribution in [-0.4, -0.2) is 38.8 Å². The maximum atomic E-state index is 4.33. The molecule has 2 unspecified atom stereocenters. The molecule has 1 aromatic carbocycles. The summed E-state index contributed by atoms with van der Waals surface area (Å²) in [5.74, 6) is 1.02. The van der Waals surface area contributed by atoms with Gasteiger partial charge in [-0.05, 0) is 12.5 Å². The molecule has 106 valence electrons. The number of piperazine rings is 1. The Labute approximate surface area is 119 Å². The number of rotatable bonds is 3. The van der Waals surface area contributed by atoms with Crippen LogP contribution in [0.5, 0.6) is 0 Å². The molecule has 1 aliphatic heterocycles. The van der Waals surface area contributed by atoms with Gasteiger partial charge in [-0.2, -0.15) is 5.10 Å². The fraction of sp³-hybridized carbons (Fsp3) is 0.467. The lowest BCUT2D eigenvalue weighted by molar-refractivity contribution is 0.128. The highest BCUT2D eigenvalue weighted by atomic mass is 15.3. The van der Waals surface area contributed by atoms with Crippen molar-refractivity contribution in [2.24, 2.45) is 7.05 Å². The van der Waals surface area contributed by atoms with Crippen molar-refractivity contribution in [3.63, 3.8) is 0 Å². The quantitative estimate of drug-likeness (QED) is 0.915. The minimum atomic E-state index is 0.389. The van der Waals surface area contributed by atoms with E-state index in [-0.39, 0.29) is 0 Å². The maximum absolute atomic E-state index is 4.33. The summed E-state index contributed by atoms with van der Waals surface area (Å²) in [6, 6.07) is 11.5. The minimum Gasteiger partial charge on any atom is -0.307 e. The van der Waals surface area contributed by atoms with Crippen LogP contribution in [0.15, 0.2) is 36.7 Å². The molecule has 1 aliphatic rings. The molecule has 5 heteroatoms. The molecular formula is C15H21N5. The topological polar surface area (TPSA) is 46.0 Å². The summed E-state index contributed by atoms with van der Waals surface area (Å²) in [6.45, 7) is 5.10. The second-order valence-electron chi connectivity index (χ2n) is 5.45. The first-order valence-corrected chi connectivity index (χ1v) is 7.09. The molecule has 1 fully saturated rings. The van der Waals surface area contributed by atoms with Crippen molar-refractivity contribution in [2.75, 3.05) is 13.1 Å². The smallest absolute Gasteiger partial charge is 0.140 e. The maximum Gasteiger partial charge on any atom is 0.140 e. The molecule has 1 saturated heterocycles. The lowest BCUT2D eigenvalue weighted by atomic mass is 10.0. The normalized spacial score (nSPS) is 23.9. The highest BCUT2D eigenvalue weighted by Gasteiger charge is 2.26. The molecule has 1 N–H and O–H groups in total. The third kappa shape index (κ3) is 2.73. The predicted octanol–water partition coefficient (Wildman–Crippen LogP) is 1.35. The van der Waals surface area contributed by atoms with Gasteiger partial charge >= 0.3 is 0 Å². The average Bonchev–Trinajstić information content (AvgIpc) is 2.88. The van der Waals surface area contributed by atoms with E-state index in [0.29, 0.717) is 12.1 Å². The van der Waals surface area contributed by atoms with E-state index in [1.165, 1.54) is 5.56 Å². The summed E-state index contributed by atoms with van der Waals surface area (Å²) in [6.07, 6.45) is 1.62. The summed E-state index contributed by atoms with van der Waals surface area (Å²) in [5.41, 5.74) is 1.35. The van der Waals surface area contributed by atoms with Gasteiger partial charge in [0, 0.05) is 32.2 Å². The van der Waals surface area contributed by atoms with Crippen LogP contribution in [0, 0.1) is 0 Å². The van der Waals surface area contributed by atoms with Crippen LogP contribution in [0.2, 0.25) is 0 Å². The van der Waals surface area contributed by atoms with Gasteiger partial charge in [-0.15, -0.1) is 0 Å². The monoisotopic (exact) mass is 271 g/mol. The van der Waals surface area contributed by atoms with Gasteiger partial charge < -0.3 is 5.32 Å². The molecule has 20 heavy (non-hydrogen) atoms. The molecule has 1 aromatic heterocycles. The van der Waals surface area contributed by atoms with Crippen molar-refractivity contribution in [3.05, 3.63) is 48.0 Å². The number of nitrogens with zero attached hydrogens (tertiary/aromatic N) is 4. The van der Waals surface area contributed by atoms with E-state index in [1.807, 2.05) is 11.7 Å². The summed E-state index contributed by atoms with van der Waals surface area (Å²) < 4.78 is 1.85. The van der Waals surface area contributed by atoms with Crippen molar-refractivity contribution in [3.8, 4) is 0 Å². The molecule has 2 atom stereocenters. The molecule has 0 amide bonds. The minimum absolute atomic E-state index is 0.389. The lowest BCUT2D eigenvalue weighted by Gasteiger charge is -2.38. The van der Waals surface area contributed by atoms with Crippen LogP contribution in [0.3, 0.4) is 0 Å². The third-order valence-electron chi connectivity index (χ3n) is 4.05. The van der Waals surface area contributed by atoms with Crippen molar-refractivity contribution >= 4 is 0 Å². The standard InChI is InChI=1S/C15H21N5/c1-12-8-16-14(13-6-4-3-5-7-13)9-20(12)10-15-17-11-18-19(15)2/h3-7,11-12,14,16H,8-10H2,1-2H3. The Kier molecular flexibility index (Phi) is 3.80. The van der Waals surface area contributed by atoms with Crippen LogP contribution in [-0.2, 0) is 13.6 Å². The van der Waals surface area contributed by atoms with E-state index >= 15 is 0 Å². The van der Waals surface area contributed by atoms with Crippen LogP contribution < -0.4 is 5.32 Å². The average molecular weight is 271 g/mol. The molecule has 0 saturated carbocycles. The van der Waals surface area contributed by atoms with E-state index in [0.717, 1.165) is 25.5 Å². The first kappa shape index (κ1) is 13.3. The van der Waals surface area contributed by atoms with Gasteiger partial charge in [-0.1, -0.05) is 30.3 Å². The van der Waals surface area contributed by atoms with Crippen LogP contribution in [0.25, 0.3) is 0 Å². The van der Waals surface area contributed by atoms with Gasteiger partial charge in [0.25, 0.3) is 0 Å². The molecule has 0 aliphatic carbocycles. The Morgan fingerprint density at radius 3 is 2.80 bits per heavy atom. The zero-order chi connectivity index (χ0) is 13.9. The molecule has 0 spiro atoms. The summed E-state index contributed by atoms with van der Waals surface area (Å²) in [4.78, 5) is 6.80.